The lowest BCUT2D eigenvalue weighted by Crippen LogP contribution is -2.21. The number of hydrogen-bond acceptors (Lipinski definition) is 5. The van der Waals surface area contributed by atoms with E-state index in [0.717, 1.165) is 0 Å². The molecule has 1 aromatic rings. The first-order valence-electron chi connectivity index (χ1n) is 4.55. The lowest BCUT2D eigenvalue weighted by molar-refractivity contribution is -0.385. The minimum atomic E-state index is -5.46. The van der Waals surface area contributed by atoms with Crippen LogP contribution in [0.4, 0.5) is 32.0 Å². The minimum absolute atomic E-state index is 0.0850. The summed E-state index contributed by atoms with van der Waals surface area (Å²) in [6.07, 6.45) is -10.9. The van der Waals surface area contributed by atoms with Crippen molar-refractivity contribution in [1.29, 1.82) is 0 Å². The molecule has 0 spiro atoms. The number of hydrogen-bond donors (Lipinski definition) is 0. The van der Waals surface area contributed by atoms with E-state index in [1.807, 2.05) is 0 Å². The molecule has 0 aromatic carbocycles. The molecule has 1 aromatic heterocycles. The summed E-state index contributed by atoms with van der Waals surface area (Å²) in [7, 11) is 0. The summed E-state index contributed by atoms with van der Waals surface area (Å²) >= 11 is 4.80. The van der Waals surface area contributed by atoms with Crippen LogP contribution in [-0.4, -0.2) is 21.5 Å². The van der Waals surface area contributed by atoms with Crippen LogP contribution in [0.5, 0.6) is 5.88 Å². The Bertz CT molecular complexity index is 600. The van der Waals surface area contributed by atoms with Crippen LogP contribution in [0.25, 0.3) is 0 Å². The van der Waals surface area contributed by atoms with Gasteiger partial charge in [0.2, 0.25) is 5.88 Å². The monoisotopic (exact) mass is 338 g/mol. The van der Waals surface area contributed by atoms with Gasteiger partial charge in [-0.15, -0.1) is 13.2 Å². The Morgan fingerprint density at radius 2 is 1.81 bits per heavy atom. The van der Waals surface area contributed by atoms with E-state index in [1.165, 1.54) is 0 Å². The third-order valence-electron chi connectivity index (χ3n) is 1.86. The van der Waals surface area contributed by atoms with Crippen LogP contribution < -0.4 is 4.74 Å². The van der Waals surface area contributed by atoms with Crippen LogP contribution in [0, 0.1) is 10.1 Å². The molecular weight excluding hydrogens is 338 g/mol. The molecule has 0 aliphatic heterocycles. The number of pyridine rings is 1. The van der Waals surface area contributed by atoms with Gasteiger partial charge in [-0.1, -0.05) is 0 Å². The highest BCUT2D eigenvalue weighted by molar-refractivity contribution is 6.68. The predicted molar refractivity (Wildman–Crippen MR) is 52.8 cm³/mol. The first kappa shape index (κ1) is 16.9. The van der Waals surface area contributed by atoms with Gasteiger partial charge in [-0.25, -0.2) is 4.98 Å². The zero-order valence-corrected chi connectivity index (χ0v) is 10.0. The van der Waals surface area contributed by atoms with Crippen LogP contribution in [0.2, 0.25) is 0 Å². The maximum atomic E-state index is 12.6. The van der Waals surface area contributed by atoms with Gasteiger partial charge in [0.1, 0.15) is 5.56 Å². The summed E-state index contributed by atoms with van der Waals surface area (Å²) in [5.41, 5.74) is -5.55. The summed E-state index contributed by atoms with van der Waals surface area (Å²) in [5.74, 6) is -1.75. The van der Waals surface area contributed by atoms with Gasteiger partial charge in [0.05, 0.1) is 11.0 Å². The topological polar surface area (TPSA) is 82.3 Å². The number of carbonyl (C=O) groups excluding carboxylic acids is 1. The fourth-order valence-electron chi connectivity index (χ4n) is 1.22. The van der Waals surface area contributed by atoms with Crippen LogP contribution >= 0.6 is 11.6 Å². The number of aromatic nitrogens is 1. The second-order valence-corrected chi connectivity index (χ2v) is 3.62. The van der Waals surface area contributed by atoms with E-state index in [0.29, 0.717) is 0 Å². The van der Waals surface area contributed by atoms with Gasteiger partial charge in [0, 0.05) is 0 Å². The number of alkyl halides is 6. The maximum Gasteiger partial charge on any atom is 0.574 e. The SMILES string of the molecule is O=C(Cl)c1c([N+](=O)[O-])cc(OC(F)(F)F)nc1C(F)(F)F. The molecule has 6 nitrogen and oxygen atoms in total. The van der Waals surface area contributed by atoms with Crippen LogP contribution in [-0.2, 0) is 6.18 Å². The number of rotatable bonds is 3. The summed E-state index contributed by atoms with van der Waals surface area (Å²) < 4.78 is 76.9. The Labute approximate surface area is 115 Å². The first-order chi connectivity index (χ1) is 9.33. The molecule has 0 bridgehead atoms. The fourth-order valence-corrected chi connectivity index (χ4v) is 1.41. The van der Waals surface area contributed by atoms with E-state index in [2.05, 4.69) is 9.72 Å². The smallest absolute Gasteiger partial charge is 0.388 e. The third kappa shape index (κ3) is 4.18. The summed E-state index contributed by atoms with van der Waals surface area (Å²) in [5, 5.41) is 8.68. The van der Waals surface area contributed by atoms with E-state index in [1.54, 1.807) is 0 Å². The fraction of sp³-hybridized carbons (Fsp3) is 0.250. The van der Waals surface area contributed by atoms with Gasteiger partial charge in [0.15, 0.2) is 5.69 Å². The number of carbonyl (C=O) groups is 1. The van der Waals surface area contributed by atoms with Crippen molar-refractivity contribution in [3.8, 4) is 5.88 Å². The van der Waals surface area contributed by atoms with Crippen molar-refractivity contribution in [1.82, 2.24) is 4.98 Å². The molecule has 116 valence electrons. The summed E-state index contributed by atoms with van der Waals surface area (Å²) in [6, 6.07) is -0.0850. The molecule has 0 atom stereocenters. The molecule has 0 unspecified atom stereocenters. The highest BCUT2D eigenvalue weighted by Gasteiger charge is 2.43. The van der Waals surface area contributed by atoms with Gasteiger partial charge < -0.3 is 4.74 Å². The highest BCUT2D eigenvalue weighted by atomic mass is 35.5. The first-order valence-corrected chi connectivity index (χ1v) is 4.93. The van der Waals surface area contributed by atoms with Crippen molar-refractivity contribution in [3.63, 3.8) is 0 Å². The second-order valence-electron chi connectivity index (χ2n) is 3.28. The average molecular weight is 339 g/mol. The van der Waals surface area contributed by atoms with Crippen LogP contribution in [0.15, 0.2) is 6.07 Å². The van der Waals surface area contributed by atoms with Crippen molar-refractivity contribution < 1.29 is 40.8 Å². The molecule has 21 heavy (non-hydrogen) atoms. The standard InChI is InChI=1S/C8HClF6N2O4/c9-6(18)4-2(17(19)20)1-3(21-8(13,14)15)16-5(4)7(10,11)12/h1H. The zero-order chi connectivity index (χ0) is 16.6. The molecule has 1 rings (SSSR count). The molecule has 0 amide bonds. The summed E-state index contributed by atoms with van der Waals surface area (Å²) in [6.45, 7) is 0. The molecular formula is C8HClF6N2O4. The van der Waals surface area contributed by atoms with Crippen LogP contribution in [0.3, 0.4) is 0 Å². The number of halogens is 7. The number of nitro groups is 1. The molecule has 0 fully saturated rings. The van der Waals surface area contributed by atoms with Gasteiger partial charge in [-0.3, -0.25) is 14.9 Å². The van der Waals surface area contributed by atoms with Gasteiger partial charge in [-0.2, -0.15) is 13.2 Å². The molecule has 0 N–H and O–H groups in total. The van der Waals surface area contributed by atoms with Gasteiger partial charge in [0.25, 0.3) is 10.9 Å². The van der Waals surface area contributed by atoms with Crippen molar-refractivity contribution in [2.45, 2.75) is 12.5 Å². The average Bonchev–Trinajstić information content (AvgIpc) is 2.23. The quantitative estimate of drug-likeness (QED) is 0.365. The Morgan fingerprint density at radius 1 is 1.29 bits per heavy atom. The highest BCUT2D eigenvalue weighted by Crippen LogP contribution is 2.38. The van der Waals surface area contributed by atoms with Crippen molar-refractivity contribution >= 4 is 22.5 Å². The molecule has 1 heterocycles. The van der Waals surface area contributed by atoms with Gasteiger partial charge in [-0.05, 0) is 11.6 Å². The van der Waals surface area contributed by atoms with Crippen molar-refractivity contribution in [2.24, 2.45) is 0 Å². The number of ether oxygens (including phenoxy) is 1. The van der Waals surface area contributed by atoms with Crippen molar-refractivity contribution in [3.05, 3.63) is 27.4 Å². The third-order valence-corrected chi connectivity index (χ3v) is 2.05. The molecule has 0 aliphatic rings. The van der Waals surface area contributed by atoms with Gasteiger partial charge >= 0.3 is 12.5 Å². The largest absolute Gasteiger partial charge is 0.574 e. The van der Waals surface area contributed by atoms with Crippen LogP contribution in [0.1, 0.15) is 16.1 Å². The molecule has 0 radical (unpaired) electrons. The van der Waals surface area contributed by atoms with Crippen molar-refractivity contribution in [2.75, 3.05) is 0 Å². The lowest BCUT2D eigenvalue weighted by Gasteiger charge is -2.13. The zero-order valence-electron chi connectivity index (χ0n) is 9.25. The Kier molecular flexibility index (Phi) is 4.32. The summed E-state index contributed by atoms with van der Waals surface area (Å²) in [4.78, 5) is 22.4. The molecule has 0 saturated carbocycles. The number of nitrogens with zero attached hydrogens (tertiary/aromatic N) is 2. The predicted octanol–water partition coefficient (Wildman–Crippen LogP) is 3.29. The molecule has 13 heteroatoms. The lowest BCUT2D eigenvalue weighted by atomic mass is 10.1. The maximum absolute atomic E-state index is 12.6. The Balaban J connectivity index is 3.66. The van der Waals surface area contributed by atoms with E-state index < -0.39 is 45.5 Å². The Hall–Kier alpha value is -2.11. The van der Waals surface area contributed by atoms with E-state index in [-0.39, 0.29) is 6.07 Å². The normalized spacial score (nSPS) is 12.1. The second kappa shape index (κ2) is 5.35. The van der Waals surface area contributed by atoms with E-state index in [4.69, 9.17) is 11.6 Å². The molecule has 0 saturated heterocycles. The molecule has 0 aliphatic carbocycles. The Morgan fingerprint density at radius 3 is 2.14 bits per heavy atom. The van der Waals surface area contributed by atoms with E-state index >= 15 is 0 Å². The minimum Gasteiger partial charge on any atom is -0.388 e. The van der Waals surface area contributed by atoms with E-state index in [9.17, 15) is 41.3 Å².